The van der Waals surface area contributed by atoms with Crippen LogP contribution in [0.5, 0.6) is 0 Å². The molecule has 166 valence electrons. The molecule has 1 aromatic heterocycles. The third-order valence-corrected chi connectivity index (χ3v) is 8.68. The number of aryl methyl sites for hydroxylation is 1. The number of hydrogen-bond acceptors (Lipinski definition) is 6. The number of carbonyl (C=O) groups is 2. The average molecular weight is 463 g/mol. The maximum absolute atomic E-state index is 13.1. The van der Waals surface area contributed by atoms with Gasteiger partial charge in [-0.3, -0.25) is 14.3 Å². The summed E-state index contributed by atoms with van der Waals surface area (Å²) < 4.78 is 25.5. The minimum atomic E-state index is -3.01. The van der Waals surface area contributed by atoms with E-state index in [-0.39, 0.29) is 29.4 Å². The molecule has 0 saturated carbocycles. The molecule has 2 aromatic rings. The largest absolute Gasteiger partial charge is 0.337 e. The molecule has 4 rings (SSSR count). The van der Waals surface area contributed by atoms with Crippen LogP contribution in [0.25, 0.3) is 0 Å². The Labute approximate surface area is 186 Å². The lowest BCUT2D eigenvalue weighted by molar-refractivity contribution is -0.115. The predicted molar refractivity (Wildman–Crippen MR) is 120 cm³/mol. The van der Waals surface area contributed by atoms with Gasteiger partial charge in [0.15, 0.2) is 9.84 Å². The van der Waals surface area contributed by atoms with Crippen molar-refractivity contribution >= 4 is 39.1 Å². The fourth-order valence-electron chi connectivity index (χ4n) is 4.13. The van der Waals surface area contributed by atoms with Crippen molar-refractivity contribution in [3.63, 3.8) is 0 Å². The smallest absolute Gasteiger partial charge is 0.253 e. The molecule has 1 saturated heterocycles. The van der Waals surface area contributed by atoms with Gasteiger partial charge < -0.3 is 10.2 Å². The second kappa shape index (κ2) is 8.31. The molecule has 0 unspecified atom stereocenters. The molecule has 1 fully saturated rings. The number of thioether (sulfide) groups is 1. The summed E-state index contributed by atoms with van der Waals surface area (Å²) in [6.07, 6.45) is 1.02. The van der Waals surface area contributed by atoms with Crippen molar-refractivity contribution in [2.75, 3.05) is 29.6 Å². The summed E-state index contributed by atoms with van der Waals surface area (Å²) in [5.74, 6) is 0.827. The Morgan fingerprint density at radius 2 is 2.13 bits per heavy atom. The van der Waals surface area contributed by atoms with Crippen molar-refractivity contribution in [2.24, 2.45) is 0 Å². The van der Waals surface area contributed by atoms with E-state index in [1.165, 1.54) is 0 Å². The van der Waals surface area contributed by atoms with Crippen LogP contribution in [0.4, 0.5) is 5.69 Å². The van der Waals surface area contributed by atoms with E-state index < -0.39 is 9.84 Å². The number of sulfone groups is 1. The lowest BCUT2D eigenvalue weighted by Crippen LogP contribution is -2.27. The molecule has 2 aliphatic heterocycles. The summed E-state index contributed by atoms with van der Waals surface area (Å²) >= 11 is 1.60. The molecule has 1 aromatic carbocycles. The standard InChI is InChI=1S/C21H26N4O4S2/c1-13-17(14(2)25(23-13)16-7-9-31(28,29)12-16)11-24(3)21(27)15-4-5-19-18(10-15)22-20(26)6-8-30-19/h4-5,10,16H,6-9,11-12H2,1-3H3,(H,22,26)/t16-/m0/s1. The van der Waals surface area contributed by atoms with Crippen LogP contribution < -0.4 is 5.32 Å². The van der Waals surface area contributed by atoms with Gasteiger partial charge in [-0.15, -0.1) is 11.8 Å². The van der Waals surface area contributed by atoms with Crippen LogP contribution in [0.3, 0.4) is 0 Å². The van der Waals surface area contributed by atoms with Crippen molar-refractivity contribution in [1.29, 1.82) is 0 Å². The Kier molecular flexibility index (Phi) is 5.87. The molecule has 2 amide bonds. The first kappa shape index (κ1) is 21.9. The van der Waals surface area contributed by atoms with Crippen LogP contribution in [-0.4, -0.2) is 59.2 Å². The fraction of sp³-hybridized carbons (Fsp3) is 0.476. The number of hydrogen-bond donors (Lipinski definition) is 1. The van der Waals surface area contributed by atoms with Crippen LogP contribution in [-0.2, 0) is 21.2 Å². The van der Waals surface area contributed by atoms with Crippen LogP contribution in [0, 0.1) is 13.8 Å². The van der Waals surface area contributed by atoms with Gasteiger partial charge in [0.25, 0.3) is 5.91 Å². The van der Waals surface area contributed by atoms with Gasteiger partial charge in [-0.25, -0.2) is 8.42 Å². The SMILES string of the molecule is Cc1nn([C@H]2CCS(=O)(=O)C2)c(C)c1CN(C)C(=O)c1ccc2c(c1)NC(=O)CCS2. The third-order valence-electron chi connectivity index (χ3n) is 5.86. The molecular formula is C21H26N4O4S2. The Balaban J connectivity index is 1.53. The Bertz CT molecular complexity index is 1160. The number of benzene rings is 1. The van der Waals surface area contributed by atoms with Crippen LogP contribution in [0.15, 0.2) is 23.1 Å². The monoisotopic (exact) mass is 462 g/mol. The first-order valence-corrected chi connectivity index (χ1v) is 13.0. The lowest BCUT2D eigenvalue weighted by Gasteiger charge is -2.19. The van der Waals surface area contributed by atoms with Crippen LogP contribution in [0.2, 0.25) is 0 Å². The van der Waals surface area contributed by atoms with E-state index in [1.54, 1.807) is 35.8 Å². The molecule has 0 radical (unpaired) electrons. The molecule has 0 spiro atoms. The van der Waals surface area contributed by atoms with Crippen molar-refractivity contribution < 1.29 is 18.0 Å². The lowest BCUT2D eigenvalue weighted by atomic mass is 10.1. The van der Waals surface area contributed by atoms with E-state index >= 15 is 0 Å². The van der Waals surface area contributed by atoms with E-state index in [9.17, 15) is 18.0 Å². The summed E-state index contributed by atoms with van der Waals surface area (Å²) in [5.41, 5.74) is 3.80. The van der Waals surface area contributed by atoms with E-state index in [0.717, 1.165) is 27.6 Å². The third kappa shape index (κ3) is 4.50. The zero-order chi connectivity index (χ0) is 22.3. The maximum atomic E-state index is 13.1. The molecule has 8 nitrogen and oxygen atoms in total. The molecule has 1 atom stereocenters. The highest BCUT2D eigenvalue weighted by Crippen LogP contribution is 2.32. The van der Waals surface area contributed by atoms with Crippen LogP contribution >= 0.6 is 11.8 Å². The van der Waals surface area contributed by atoms with Gasteiger partial charge in [0.2, 0.25) is 5.91 Å². The van der Waals surface area contributed by atoms with Gasteiger partial charge in [-0.1, -0.05) is 0 Å². The van der Waals surface area contributed by atoms with E-state index in [0.29, 0.717) is 30.6 Å². The van der Waals surface area contributed by atoms with Crippen molar-refractivity contribution in [2.45, 2.75) is 44.2 Å². The highest BCUT2D eigenvalue weighted by Gasteiger charge is 2.31. The Morgan fingerprint density at radius 3 is 2.84 bits per heavy atom. The average Bonchev–Trinajstić information content (AvgIpc) is 3.13. The van der Waals surface area contributed by atoms with Gasteiger partial charge in [-0.2, -0.15) is 5.10 Å². The normalized spacial score (nSPS) is 20.1. The summed E-state index contributed by atoms with van der Waals surface area (Å²) in [4.78, 5) is 27.5. The number of amides is 2. The number of rotatable bonds is 4. The predicted octanol–water partition coefficient (Wildman–Crippen LogP) is 2.57. The Morgan fingerprint density at radius 1 is 1.35 bits per heavy atom. The zero-order valence-electron chi connectivity index (χ0n) is 17.8. The minimum absolute atomic E-state index is 0.0446. The number of nitrogens with one attached hydrogen (secondary N) is 1. The Hall–Kier alpha value is -2.33. The quantitative estimate of drug-likeness (QED) is 0.749. The van der Waals surface area contributed by atoms with Crippen molar-refractivity contribution in [3.8, 4) is 0 Å². The first-order chi connectivity index (χ1) is 14.6. The minimum Gasteiger partial charge on any atom is -0.337 e. The number of anilines is 1. The van der Waals surface area contributed by atoms with Gasteiger partial charge in [-0.05, 0) is 38.5 Å². The summed E-state index contributed by atoms with van der Waals surface area (Å²) in [5, 5.41) is 7.46. The van der Waals surface area contributed by atoms with E-state index in [2.05, 4.69) is 10.4 Å². The second-order valence-corrected chi connectivity index (χ2v) is 11.5. The second-order valence-electron chi connectivity index (χ2n) is 8.17. The topological polar surface area (TPSA) is 101 Å². The molecular weight excluding hydrogens is 436 g/mol. The molecule has 2 aliphatic rings. The summed E-state index contributed by atoms with van der Waals surface area (Å²) in [6.45, 7) is 4.18. The highest BCUT2D eigenvalue weighted by molar-refractivity contribution is 7.99. The fourth-order valence-corrected chi connectivity index (χ4v) is 6.76. The molecule has 31 heavy (non-hydrogen) atoms. The zero-order valence-corrected chi connectivity index (χ0v) is 19.5. The number of fused-ring (bicyclic) bond motifs is 1. The highest BCUT2D eigenvalue weighted by atomic mass is 32.2. The first-order valence-electron chi connectivity index (χ1n) is 10.2. The molecule has 1 N–H and O–H groups in total. The van der Waals surface area contributed by atoms with Crippen LogP contribution in [0.1, 0.15) is 46.2 Å². The summed E-state index contributed by atoms with van der Waals surface area (Å²) in [6, 6.07) is 5.25. The molecule has 10 heteroatoms. The molecule has 3 heterocycles. The van der Waals surface area contributed by atoms with Crippen molar-refractivity contribution in [3.05, 3.63) is 40.7 Å². The molecule has 0 aliphatic carbocycles. The van der Waals surface area contributed by atoms with E-state index in [1.807, 2.05) is 24.6 Å². The van der Waals surface area contributed by atoms with Gasteiger partial charge in [0.05, 0.1) is 28.9 Å². The van der Waals surface area contributed by atoms with Crippen molar-refractivity contribution in [1.82, 2.24) is 14.7 Å². The van der Waals surface area contributed by atoms with E-state index in [4.69, 9.17) is 0 Å². The van der Waals surface area contributed by atoms with Gasteiger partial charge in [0.1, 0.15) is 0 Å². The van der Waals surface area contributed by atoms with Gasteiger partial charge in [0, 0.05) is 47.5 Å². The maximum Gasteiger partial charge on any atom is 0.253 e. The number of carbonyl (C=O) groups excluding carboxylic acids is 2. The molecule has 0 bridgehead atoms. The number of aromatic nitrogens is 2. The number of nitrogens with zero attached hydrogens (tertiary/aromatic N) is 3. The summed E-state index contributed by atoms with van der Waals surface area (Å²) in [7, 11) is -1.27. The van der Waals surface area contributed by atoms with Gasteiger partial charge >= 0.3 is 0 Å².